The molecule has 1 aliphatic carbocycles. The van der Waals surface area contributed by atoms with Crippen LogP contribution in [0.1, 0.15) is 24.1 Å². The number of hydrogen-bond acceptors (Lipinski definition) is 5. The van der Waals surface area contributed by atoms with Gasteiger partial charge in [0.1, 0.15) is 10.8 Å². The molecule has 1 aromatic carbocycles. The number of amides is 1. The molecular weight excluding hydrogens is 444 g/mol. The number of hydrogen-bond donors (Lipinski definition) is 0. The van der Waals surface area contributed by atoms with Crippen LogP contribution >= 0.6 is 38.6 Å². The lowest BCUT2D eigenvalue weighted by Crippen LogP contribution is -2.33. The van der Waals surface area contributed by atoms with E-state index in [0.717, 1.165) is 44.2 Å². The molecule has 0 atom stereocenters. The number of ether oxygens (including phenoxy) is 1. The SMILES string of the molecule is COc1ccc(CN(C(=O)Cc2csc(-c3cc(Br)cs3)n2)C2CC2)cc1. The van der Waals surface area contributed by atoms with E-state index in [9.17, 15) is 4.79 Å². The van der Waals surface area contributed by atoms with Gasteiger partial charge in [0, 0.05) is 27.8 Å². The van der Waals surface area contributed by atoms with E-state index in [-0.39, 0.29) is 5.91 Å². The smallest absolute Gasteiger partial charge is 0.229 e. The molecule has 0 saturated heterocycles. The van der Waals surface area contributed by atoms with Crippen LogP contribution in [0.15, 0.2) is 45.6 Å². The standard InChI is InChI=1S/C20H19BrN2O2S2/c1-25-17-6-2-13(3-7-17)10-23(16-4-5-16)19(24)9-15-12-27-20(22-15)18-8-14(21)11-26-18/h2-3,6-8,11-12,16H,4-5,9-10H2,1H3. The Morgan fingerprint density at radius 2 is 2.04 bits per heavy atom. The molecule has 4 rings (SSSR count). The summed E-state index contributed by atoms with van der Waals surface area (Å²) in [5, 5.41) is 5.02. The molecule has 0 N–H and O–H groups in total. The van der Waals surface area contributed by atoms with Gasteiger partial charge in [0.15, 0.2) is 0 Å². The molecule has 2 heterocycles. The Kier molecular flexibility index (Phi) is 5.61. The number of rotatable bonds is 7. The molecule has 1 amide bonds. The zero-order chi connectivity index (χ0) is 18.8. The van der Waals surface area contributed by atoms with Crippen molar-refractivity contribution >= 4 is 44.5 Å². The Morgan fingerprint density at radius 3 is 2.67 bits per heavy atom. The predicted octanol–water partition coefficient (Wildman–Crippen LogP) is 5.38. The van der Waals surface area contributed by atoms with Gasteiger partial charge in [0.25, 0.3) is 0 Å². The van der Waals surface area contributed by atoms with Crippen molar-refractivity contribution in [2.24, 2.45) is 0 Å². The second-order valence-electron chi connectivity index (χ2n) is 6.55. The van der Waals surface area contributed by atoms with Crippen LogP contribution in [0.3, 0.4) is 0 Å². The van der Waals surface area contributed by atoms with Gasteiger partial charge in [-0.15, -0.1) is 22.7 Å². The fourth-order valence-corrected chi connectivity index (χ4v) is 5.25. The molecule has 2 aromatic heterocycles. The Hall–Kier alpha value is -1.70. The van der Waals surface area contributed by atoms with E-state index in [1.54, 1.807) is 29.8 Å². The first-order valence-electron chi connectivity index (χ1n) is 8.73. The van der Waals surface area contributed by atoms with Crippen LogP contribution in [-0.2, 0) is 17.8 Å². The van der Waals surface area contributed by atoms with Gasteiger partial charge in [-0.2, -0.15) is 0 Å². The minimum absolute atomic E-state index is 0.150. The monoisotopic (exact) mass is 462 g/mol. The van der Waals surface area contributed by atoms with Gasteiger partial charge in [0.05, 0.1) is 24.1 Å². The van der Waals surface area contributed by atoms with Crippen molar-refractivity contribution in [1.29, 1.82) is 0 Å². The topological polar surface area (TPSA) is 42.4 Å². The van der Waals surface area contributed by atoms with Crippen LogP contribution in [-0.4, -0.2) is 28.9 Å². The van der Waals surface area contributed by atoms with Crippen LogP contribution in [0.4, 0.5) is 0 Å². The van der Waals surface area contributed by atoms with E-state index < -0.39 is 0 Å². The van der Waals surface area contributed by atoms with Gasteiger partial charge in [-0.05, 0) is 52.5 Å². The van der Waals surface area contributed by atoms with Gasteiger partial charge in [0.2, 0.25) is 5.91 Å². The first-order valence-corrected chi connectivity index (χ1v) is 11.3. The minimum Gasteiger partial charge on any atom is -0.497 e. The molecule has 1 aliphatic rings. The van der Waals surface area contributed by atoms with Crippen LogP contribution in [0, 0.1) is 0 Å². The third-order valence-electron chi connectivity index (χ3n) is 4.48. The Balaban J connectivity index is 1.44. The first-order chi connectivity index (χ1) is 13.1. The predicted molar refractivity (Wildman–Crippen MR) is 113 cm³/mol. The summed E-state index contributed by atoms with van der Waals surface area (Å²) in [6.07, 6.45) is 2.54. The quantitative estimate of drug-likeness (QED) is 0.473. The highest BCUT2D eigenvalue weighted by atomic mass is 79.9. The Labute approximate surface area is 174 Å². The molecule has 3 aromatic rings. The molecule has 0 radical (unpaired) electrons. The maximum absolute atomic E-state index is 12.9. The lowest BCUT2D eigenvalue weighted by atomic mass is 10.2. The summed E-state index contributed by atoms with van der Waals surface area (Å²) < 4.78 is 6.28. The fraction of sp³-hybridized carbons (Fsp3) is 0.300. The summed E-state index contributed by atoms with van der Waals surface area (Å²) in [4.78, 5) is 20.7. The minimum atomic E-state index is 0.150. The lowest BCUT2D eigenvalue weighted by Gasteiger charge is -2.22. The van der Waals surface area contributed by atoms with Crippen LogP contribution in [0.25, 0.3) is 9.88 Å². The normalized spacial score (nSPS) is 13.6. The van der Waals surface area contributed by atoms with E-state index >= 15 is 0 Å². The third-order valence-corrected chi connectivity index (χ3v) is 7.23. The second-order valence-corrected chi connectivity index (χ2v) is 9.24. The number of halogens is 1. The number of carbonyl (C=O) groups is 1. The number of carbonyl (C=O) groups excluding carboxylic acids is 1. The number of thiophene rings is 1. The number of benzene rings is 1. The van der Waals surface area contributed by atoms with E-state index in [1.165, 1.54) is 0 Å². The lowest BCUT2D eigenvalue weighted by molar-refractivity contribution is -0.131. The maximum atomic E-state index is 12.9. The molecule has 7 heteroatoms. The molecule has 0 aliphatic heterocycles. The Morgan fingerprint density at radius 1 is 1.26 bits per heavy atom. The average Bonchev–Trinajstić information content (AvgIpc) is 3.25. The summed E-state index contributed by atoms with van der Waals surface area (Å²) in [5.41, 5.74) is 1.98. The molecule has 140 valence electrons. The molecule has 1 saturated carbocycles. The molecule has 0 unspecified atom stereocenters. The van der Waals surface area contributed by atoms with Gasteiger partial charge in [-0.3, -0.25) is 4.79 Å². The highest BCUT2D eigenvalue weighted by Crippen LogP contribution is 2.33. The third kappa shape index (κ3) is 4.59. The summed E-state index contributed by atoms with van der Waals surface area (Å²) in [6.45, 7) is 0.641. The average molecular weight is 463 g/mol. The van der Waals surface area contributed by atoms with E-state index in [0.29, 0.717) is 19.0 Å². The fourth-order valence-electron chi connectivity index (χ4n) is 2.92. The van der Waals surface area contributed by atoms with E-state index in [2.05, 4.69) is 27.0 Å². The molecule has 1 fully saturated rings. The zero-order valence-electron chi connectivity index (χ0n) is 14.9. The maximum Gasteiger partial charge on any atom is 0.229 e. The molecule has 0 spiro atoms. The van der Waals surface area contributed by atoms with Crippen LogP contribution in [0.5, 0.6) is 5.75 Å². The van der Waals surface area contributed by atoms with Crippen molar-refractivity contribution in [3.05, 3.63) is 56.8 Å². The van der Waals surface area contributed by atoms with Crippen LogP contribution < -0.4 is 4.74 Å². The molecular formula is C20H19BrN2O2S2. The number of methoxy groups -OCH3 is 1. The highest BCUT2D eigenvalue weighted by molar-refractivity contribution is 9.10. The summed E-state index contributed by atoms with van der Waals surface area (Å²) in [6, 6.07) is 10.4. The zero-order valence-corrected chi connectivity index (χ0v) is 18.1. The van der Waals surface area contributed by atoms with Crippen molar-refractivity contribution in [2.45, 2.75) is 31.8 Å². The number of aromatic nitrogens is 1. The second kappa shape index (κ2) is 8.12. The van der Waals surface area contributed by atoms with Gasteiger partial charge < -0.3 is 9.64 Å². The summed E-state index contributed by atoms with van der Waals surface area (Å²) in [7, 11) is 1.66. The van der Waals surface area contributed by atoms with Crippen LogP contribution in [0.2, 0.25) is 0 Å². The van der Waals surface area contributed by atoms with E-state index in [4.69, 9.17) is 4.74 Å². The van der Waals surface area contributed by atoms with Crippen molar-refractivity contribution in [1.82, 2.24) is 9.88 Å². The number of thiazole rings is 1. The van der Waals surface area contributed by atoms with Crippen molar-refractivity contribution in [2.75, 3.05) is 7.11 Å². The first kappa shape index (κ1) is 18.7. The van der Waals surface area contributed by atoms with Gasteiger partial charge in [-0.1, -0.05) is 12.1 Å². The molecule has 0 bridgehead atoms. The molecule has 27 heavy (non-hydrogen) atoms. The van der Waals surface area contributed by atoms with Crippen molar-refractivity contribution < 1.29 is 9.53 Å². The van der Waals surface area contributed by atoms with Gasteiger partial charge >= 0.3 is 0 Å². The largest absolute Gasteiger partial charge is 0.497 e. The Bertz CT molecular complexity index is 932. The highest BCUT2D eigenvalue weighted by Gasteiger charge is 2.32. The van der Waals surface area contributed by atoms with Crippen molar-refractivity contribution in [3.63, 3.8) is 0 Å². The summed E-state index contributed by atoms with van der Waals surface area (Å²) >= 11 is 6.73. The number of nitrogens with zero attached hydrogens (tertiary/aromatic N) is 2. The molecule has 4 nitrogen and oxygen atoms in total. The van der Waals surface area contributed by atoms with E-state index in [1.807, 2.05) is 39.9 Å². The van der Waals surface area contributed by atoms with Gasteiger partial charge in [-0.25, -0.2) is 4.98 Å². The summed E-state index contributed by atoms with van der Waals surface area (Å²) in [5.74, 6) is 0.982. The van der Waals surface area contributed by atoms with Crippen molar-refractivity contribution in [3.8, 4) is 15.6 Å².